The second-order valence-electron chi connectivity index (χ2n) is 6.25. The highest BCUT2D eigenvalue weighted by Crippen LogP contribution is 2.28. The Balaban J connectivity index is 3.25. The van der Waals surface area contributed by atoms with Gasteiger partial charge in [0.1, 0.15) is 0 Å². The fourth-order valence-corrected chi connectivity index (χ4v) is 2.78. The molecule has 0 saturated carbocycles. The molecule has 0 aromatic heterocycles. The lowest BCUT2D eigenvalue weighted by Gasteiger charge is -2.11. The molecule has 0 bridgehead atoms. The second kappa shape index (κ2) is 16.5. The number of alkyl halides is 3. The summed E-state index contributed by atoms with van der Waals surface area (Å²) in [6.45, 7) is 2.25. The lowest BCUT2D eigenvalue weighted by atomic mass is 10.1. The molecule has 0 saturated heterocycles. The van der Waals surface area contributed by atoms with Gasteiger partial charge < -0.3 is 4.74 Å². The van der Waals surface area contributed by atoms with Crippen molar-refractivity contribution in [2.24, 2.45) is 0 Å². The Morgan fingerprint density at radius 1 is 0.792 bits per heavy atom. The molecule has 0 radical (unpaired) electrons. The molecular formula is C19H33Cl3O2. The normalized spacial score (nSPS) is 12.0. The summed E-state index contributed by atoms with van der Waals surface area (Å²) in [6, 6.07) is 0. The van der Waals surface area contributed by atoms with Crippen LogP contribution >= 0.6 is 34.8 Å². The molecule has 0 rings (SSSR count). The predicted octanol–water partition coefficient (Wildman–Crippen LogP) is 7.89. The molecule has 0 heterocycles. The van der Waals surface area contributed by atoms with Gasteiger partial charge in [-0.1, -0.05) is 70.4 Å². The van der Waals surface area contributed by atoms with Gasteiger partial charge in [-0.15, -0.1) is 0 Å². The molecule has 0 aliphatic carbocycles. The van der Waals surface area contributed by atoms with Crippen molar-refractivity contribution < 1.29 is 9.53 Å². The van der Waals surface area contributed by atoms with Crippen molar-refractivity contribution in [2.45, 2.75) is 101 Å². The van der Waals surface area contributed by atoms with Crippen molar-refractivity contribution in [3.63, 3.8) is 0 Å². The maximum absolute atomic E-state index is 11.3. The van der Waals surface area contributed by atoms with Gasteiger partial charge in [-0.05, 0) is 66.9 Å². The van der Waals surface area contributed by atoms with E-state index < -0.39 is 9.95 Å². The zero-order valence-electron chi connectivity index (χ0n) is 15.0. The fourth-order valence-electron chi connectivity index (χ4n) is 2.52. The number of esters is 1. The summed E-state index contributed by atoms with van der Waals surface area (Å²) in [5, 5.41) is 0. The van der Waals surface area contributed by atoms with E-state index in [9.17, 15) is 4.79 Å². The highest BCUT2D eigenvalue weighted by Gasteiger charge is 2.24. The van der Waals surface area contributed by atoms with Crippen LogP contribution in [0.1, 0.15) is 96.8 Å². The maximum atomic E-state index is 11.3. The number of rotatable bonds is 15. The van der Waals surface area contributed by atoms with Gasteiger partial charge in [0.2, 0.25) is 0 Å². The van der Waals surface area contributed by atoms with Gasteiger partial charge in [-0.3, -0.25) is 4.79 Å². The van der Waals surface area contributed by atoms with Crippen LogP contribution in [-0.4, -0.2) is 9.95 Å². The van der Waals surface area contributed by atoms with E-state index in [1.54, 1.807) is 0 Å². The molecule has 0 N–H and O–H groups in total. The van der Waals surface area contributed by atoms with Crippen molar-refractivity contribution in [1.82, 2.24) is 0 Å². The van der Waals surface area contributed by atoms with Gasteiger partial charge in [0.25, 0.3) is 0 Å². The quantitative estimate of drug-likeness (QED) is 0.121. The Morgan fingerprint density at radius 3 is 1.75 bits per heavy atom. The third kappa shape index (κ3) is 20.1. The Bertz CT molecular complexity index is 325. The van der Waals surface area contributed by atoms with Gasteiger partial charge in [-0.2, -0.15) is 0 Å². The molecule has 0 amide bonds. The standard InChI is InChI=1S/C19H33Cl3O2/c1-2-3-4-5-6-7-8-9-10-11-12-13-14-15-16-17-18(23)24-19(20,21)22/h9-10H,2-8,11-17H2,1H3/b10-9-. The van der Waals surface area contributed by atoms with Crippen LogP contribution in [0.4, 0.5) is 0 Å². The van der Waals surface area contributed by atoms with E-state index in [1.807, 2.05) is 0 Å². The van der Waals surface area contributed by atoms with Gasteiger partial charge in [-0.25, -0.2) is 0 Å². The van der Waals surface area contributed by atoms with E-state index in [1.165, 1.54) is 57.8 Å². The second-order valence-corrected chi connectivity index (χ2v) is 8.43. The minimum Gasteiger partial charge on any atom is -0.415 e. The lowest BCUT2D eigenvalue weighted by Crippen LogP contribution is -2.15. The molecule has 0 aromatic rings. The van der Waals surface area contributed by atoms with Gasteiger partial charge in [0, 0.05) is 6.42 Å². The monoisotopic (exact) mass is 398 g/mol. The van der Waals surface area contributed by atoms with Gasteiger partial charge in [0.15, 0.2) is 0 Å². The average molecular weight is 400 g/mol. The molecule has 0 unspecified atom stereocenters. The summed E-state index contributed by atoms with van der Waals surface area (Å²) in [5.41, 5.74) is 0. The van der Waals surface area contributed by atoms with Gasteiger partial charge >= 0.3 is 9.95 Å². The number of ether oxygens (including phenoxy) is 1. The number of carbonyl (C=O) groups excluding carboxylic acids is 1. The molecule has 0 aliphatic rings. The third-order valence-electron chi connectivity index (χ3n) is 3.87. The number of halogens is 3. The Kier molecular flexibility index (Phi) is 16.6. The fraction of sp³-hybridized carbons (Fsp3) is 0.842. The number of hydrogen-bond donors (Lipinski definition) is 0. The molecule has 24 heavy (non-hydrogen) atoms. The van der Waals surface area contributed by atoms with Crippen LogP contribution in [0.15, 0.2) is 12.2 Å². The van der Waals surface area contributed by atoms with Gasteiger partial charge in [0.05, 0.1) is 0 Å². The first-order chi connectivity index (χ1) is 11.5. The lowest BCUT2D eigenvalue weighted by molar-refractivity contribution is -0.144. The van der Waals surface area contributed by atoms with E-state index in [2.05, 4.69) is 23.8 Å². The van der Waals surface area contributed by atoms with Crippen molar-refractivity contribution in [3.8, 4) is 0 Å². The summed E-state index contributed by atoms with van der Waals surface area (Å²) in [4.78, 5) is 11.3. The molecule has 2 nitrogen and oxygen atoms in total. The largest absolute Gasteiger partial charge is 0.415 e. The molecule has 142 valence electrons. The first kappa shape index (κ1) is 24.1. The number of allylic oxidation sites excluding steroid dienone is 2. The smallest absolute Gasteiger partial charge is 0.340 e. The van der Waals surface area contributed by atoms with Crippen LogP contribution in [-0.2, 0) is 9.53 Å². The molecule has 5 heteroatoms. The van der Waals surface area contributed by atoms with E-state index in [-0.39, 0.29) is 0 Å². The molecular weight excluding hydrogens is 367 g/mol. The molecule has 0 spiro atoms. The Hall–Kier alpha value is 0.0800. The molecule has 0 atom stereocenters. The Labute approximate surface area is 163 Å². The zero-order chi connectivity index (χ0) is 18.1. The van der Waals surface area contributed by atoms with Crippen molar-refractivity contribution >= 4 is 40.8 Å². The number of carbonyl (C=O) groups is 1. The van der Waals surface area contributed by atoms with E-state index in [4.69, 9.17) is 34.8 Å². The SMILES string of the molecule is CCCCCCCC/C=C\CCCCCCCC(=O)OC(Cl)(Cl)Cl. The van der Waals surface area contributed by atoms with Crippen LogP contribution in [0.5, 0.6) is 0 Å². The van der Waals surface area contributed by atoms with Crippen molar-refractivity contribution in [3.05, 3.63) is 12.2 Å². The van der Waals surface area contributed by atoms with E-state index in [0.717, 1.165) is 25.7 Å². The first-order valence-electron chi connectivity index (χ1n) is 9.39. The van der Waals surface area contributed by atoms with E-state index >= 15 is 0 Å². The minimum absolute atomic E-state index is 0.312. The third-order valence-corrected chi connectivity index (χ3v) is 4.10. The van der Waals surface area contributed by atoms with Crippen LogP contribution in [0, 0.1) is 0 Å². The van der Waals surface area contributed by atoms with Crippen molar-refractivity contribution in [1.29, 1.82) is 0 Å². The predicted molar refractivity (Wildman–Crippen MR) is 106 cm³/mol. The molecule has 0 aliphatic heterocycles. The summed E-state index contributed by atoms with van der Waals surface area (Å²) in [7, 11) is 0. The number of hydrogen-bond acceptors (Lipinski definition) is 2. The highest BCUT2D eigenvalue weighted by atomic mass is 35.6. The summed E-state index contributed by atoms with van der Waals surface area (Å²) in [5.74, 6) is -0.451. The van der Waals surface area contributed by atoms with Crippen LogP contribution < -0.4 is 0 Å². The number of unbranched alkanes of at least 4 members (excludes halogenated alkanes) is 11. The molecule has 0 aromatic carbocycles. The van der Waals surface area contributed by atoms with Crippen molar-refractivity contribution in [2.75, 3.05) is 0 Å². The van der Waals surface area contributed by atoms with Crippen LogP contribution in [0.2, 0.25) is 0 Å². The maximum Gasteiger partial charge on any atom is 0.340 e. The highest BCUT2D eigenvalue weighted by molar-refractivity contribution is 6.66. The van der Waals surface area contributed by atoms with E-state index in [0.29, 0.717) is 6.42 Å². The zero-order valence-corrected chi connectivity index (χ0v) is 17.3. The minimum atomic E-state index is -1.93. The molecule has 0 fully saturated rings. The van der Waals surface area contributed by atoms with Crippen LogP contribution in [0.3, 0.4) is 0 Å². The Morgan fingerprint density at radius 2 is 1.25 bits per heavy atom. The van der Waals surface area contributed by atoms with Crippen LogP contribution in [0.25, 0.3) is 0 Å². The average Bonchev–Trinajstić information content (AvgIpc) is 2.49. The summed E-state index contributed by atoms with van der Waals surface area (Å²) in [6.07, 6.45) is 20.8. The summed E-state index contributed by atoms with van der Waals surface area (Å²) >= 11 is 16.1. The topological polar surface area (TPSA) is 26.3 Å². The summed E-state index contributed by atoms with van der Waals surface area (Å²) < 4.78 is 2.67. The first-order valence-corrected chi connectivity index (χ1v) is 10.5.